The molecule has 0 atom stereocenters. The first-order chi connectivity index (χ1) is 5.74. The molecular weight excluding hydrogens is 152 g/mol. The molecule has 1 N–H and O–H groups in total. The summed E-state index contributed by atoms with van der Waals surface area (Å²) < 4.78 is 0. The molecule has 0 fully saturated rings. The van der Waals surface area contributed by atoms with Gasteiger partial charge in [-0.3, -0.25) is 4.79 Å². The second kappa shape index (κ2) is 3.41. The van der Waals surface area contributed by atoms with Crippen LogP contribution in [0.15, 0.2) is 17.1 Å². The van der Waals surface area contributed by atoms with Crippen LogP contribution in [-0.2, 0) is 0 Å². The van der Waals surface area contributed by atoms with Crippen molar-refractivity contribution in [2.75, 3.05) is 0 Å². The Kier molecular flexibility index (Phi) is 2.30. The van der Waals surface area contributed by atoms with Crippen LogP contribution in [0.3, 0.4) is 0 Å². The number of H-pyrrole nitrogens is 1. The maximum atomic E-state index is 10.9. The van der Waals surface area contributed by atoms with Gasteiger partial charge in [-0.2, -0.15) is 5.26 Å². The Morgan fingerprint density at radius 2 is 2.33 bits per heavy atom. The number of nitrogens with zero attached hydrogens (tertiary/aromatic N) is 1. The van der Waals surface area contributed by atoms with Crippen molar-refractivity contribution in [1.82, 2.24) is 4.98 Å². The number of nitriles is 1. The van der Waals surface area contributed by atoms with Crippen molar-refractivity contribution in [3.63, 3.8) is 0 Å². The molecule has 0 aliphatic rings. The summed E-state index contributed by atoms with van der Waals surface area (Å²) in [5.41, 5.74) is 1.12. The summed E-state index contributed by atoms with van der Waals surface area (Å²) in [6.45, 7) is 1.69. The zero-order valence-corrected chi connectivity index (χ0v) is 6.51. The molecule has 1 heterocycles. The molecular formula is C9H6N2O. The molecule has 0 aliphatic heterocycles. The third kappa shape index (κ3) is 1.74. The van der Waals surface area contributed by atoms with Crippen molar-refractivity contribution in [2.24, 2.45) is 0 Å². The van der Waals surface area contributed by atoms with Gasteiger partial charge >= 0.3 is 0 Å². The molecule has 12 heavy (non-hydrogen) atoms. The summed E-state index contributed by atoms with van der Waals surface area (Å²) >= 11 is 0. The van der Waals surface area contributed by atoms with Gasteiger partial charge in [0.15, 0.2) is 6.07 Å². The van der Waals surface area contributed by atoms with Gasteiger partial charge in [0, 0.05) is 23.2 Å². The van der Waals surface area contributed by atoms with E-state index in [1.165, 1.54) is 6.20 Å². The van der Waals surface area contributed by atoms with Gasteiger partial charge in [0.05, 0.1) is 0 Å². The number of hydrogen-bond acceptors (Lipinski definition) is 2. The molecule has 1 rings (SSSR count). The summed E-state index contributed by atoms with van der Waals surface area (Å²) in [5, 5.41) is 8.16. The molecule has 3 heteroatoms. The Bertz CT molecular complexity index is 440. The standard InChI is InChI=1S/C9H6N2O/c1-7-5-8(3-2-4-10)6-11-9(7)12/h5-6H,1H3,(H,11,12). The van der Waals surface area contributed by atoms with Gasteiger partial charge in [0.2, 0.25) is 0 Å². The average molecular weight is 158 g/mol. The Labute approximate surface area is 69.7 Å². The van der Waals surface area contributed by atoms with Crippen LogP contribution in [-0.4, -0.2) is 4.98 Å². The van der Waals surface area contributed by atoms with E-state index < -0.39 is 0 Å². The lowest BCUT2D eigenvalue weighted by Crippen LogP contribution is -2.07. The monoisotopic (exact) mass is 158 g/mol. The van der Waals surface area contributed by atoms with Crippen LogP contribution in [0, 0.1) is 30.1 Å². The van der Waals surface area contributed by atoms with Gasteiger partial charge in [0.1, 0.15) is 0 Å². The van der Waals surface area contributed by atoms with Crippen molar-refractivity contribution in [3.05, 3.63) is 33.7 Å². The second-order valence-electron chi connectivity index (χ2n) is 2.26. The molecule has 0 unspecified atom stereocenters. The highest BCUT2D eigenvalue weighted by molar-refractivity contribution is 5.37. The molecule has 3 nitrogen and oxygen atoms in total. The van der Waals surface area contributed by atoms with Crippen LogP contribution in [0.1, 0.15) is 11.1 Å². The minimum atomic E-state index is -0.127. The van der Waals surface area contributed by atoms with Crippen molar-refractivity contribution in [2.45, 2.75) is 6.92 Å². The van der Waals surface area contributed by atoms with E-state index in [1.807, 2.05) is 0 Å². The van der Waals surface area contributed by atoms with E-state index in [4.69, 9.17) is 5.26 Å². The van der Waals surface area contributed by atoms with E-state index in [0.717, 1.165) is 0 Å². The molecule has 0 saturated heterocycles. The zero-order chi connectivity index (χ0) is 8.97. The SMILES string of the molecule is Cc1cc(C#CC#N)c[nH]c1=O. The summed E-state index contributed by atoms with van der Waals surface area (Å²) in [4.78, 5) is 13.4. The average Bonchev–Trinajstić information content (AvgIpc) is 2.07. The zero-order valence-electron chi connectivity index (χ0n) is 6.51. The topological polar surface area (TPSA) is 56.6 Å². The summed E-state index contributed by atoms with van der Waals surface area (Å²) in [6.07, 6.45) is 1.49. The molecule has 1 aromatic heterocycles. The number of pyridine rings is 1. The lowest BCUT2D eigenvalue weighted by Gasteiger charge is -1.90. The molecule has 0 amide bonds. The minimum Gasteiger partial charge on any atom is -0.328 e. The van der Waals surface area contributed by atoms with E-state index in [2.05, 4.69) is 16.8 Å². The van der Waals surface area contributed by atoms with Crippen molar-refractivity contribution >= 4 is 0 Å². The highest BCUT2D eigenvalue weighted by Crippen LogP contribution is 1.93. The van der Waals surface area contributed by atoms with Crippen LogP contribution < -0.4 is 5.56 Å². The Balaban J connectivity index is 3.16. The van der Waals surface area contributed by atoms with Crippen LogP contribution in [0.25, 0.3) is 0 Å². The van der Waals surface area contributed by atoms with Gasteiger partial charge in [0.25, 0.3) is 5.56 Å². The molecule has 0 radical (unpaired) electrons. The third-order valence-electron chi connectivity index (χ3n) is 1.35. The van der Waals surface area contributed by atoms with E-state index in [1.54, 1.807) is 19.1 Å². The second-order valence-corrected chi connectivity index (χ2v) is 2.26. The van der Waals surface area contributed by atoms with E-state index >= 15 is 0 Å². The summed E-state index contributed by atoms with van der Waals surface area (Å²) in [5.74, 6) is 4.83. The molecule has 0 aliphatic carbocycles. The lowest BCUT2D eigenvalue weighted by atomic mass is 10.2. The smallest absolute Gasteiger partial charge is 0.250 e. The quantitative estimate of drug-likeness (QED) is 0.561. The highest BCUT2D eigenvalue weighted by atomic mass is 16.1. The first-order valence-electron chi connectivity index (χ1n) is 3.33. The van der Waals surface area contributed by atoms with Gasteiger partial charge in [-0.1, -0.05) is 0 Å². The predicted molar refractivity (Wildman–Crippen MR) is 44.3 cm³/mol. The first kappa shape index (κ1) is 8.10. The number of nitrogens with one attached hydrogen (secondary N) is 1. The molecule has 58 valence electrons. The number of aryl methyl sites for hydroxylation is 1. The van der Waals surface area contributed by atoms with E-state index in [-0.39, 0.29) is 5.56 Å². The van der Waals surface area contributed by atoms with Crippen molar-refractivity contribution < 1.29 is 0 Å². The van der Waals surface area contributed by atoms with Crippen LogP contribution in [0.4, 0.5) is 0 Å². The van der Waals surface area contributed by atoms with Crippen LogP contribution in [0.2, 0.25) is 0 Å². The summed E-state index contributed by atoms with van der Waals surface area (Å²) in [7, 11) is 0. The van der Waals surface area contributed by atoms with Gasteiger partial charge in [-0.25, -0.2) is 0 Å². The third-order valence-corrected chi connectivity index (χ3v) is 1.35. The fourth-order valence-electron chi connectivity index (χ4n) is 0.770. The predicted octanol–water partition coefficient (Wildman–Crippen LogP) is 0.558. The largest absolute Gasteiger partial charge is 0.328 e. The number of hydrogen-bond donors (Lipinski definition) is 1. The fraction of sp³-hybridized carbons (Fsp3) is 0.111. The molecule has 0 bridgehead atoms. The van der Waals surface area contributed by atoms with Gasteiger partial charge in [-0.05, 0) is 18.9 Å². The molecule has 0 aromatic carbocycles. The number of aromatic nitrogens is 1. The number of aromatic amines is 1. The molecule has 0 spiro atoms. The van der Waals surface area contributed by atoms with Gasteiger partial charge in [-0.15, -0.1) is 0 Å². The minimum absolute atomic E-state index is 0.127. The highest BCUT2D eigenvalue weighted by Gasteiger charge is 1.92. The first-order valence-corrected chi connectivity index (χ1v) is 3.33. The Morgan fingerprint density at radius 3 is 2.92 bits per heavy atom. The van der Waals surface area contributed by atoms with Crippen molar-refractivity contribution in [1.29, 1.82) is 5.26 Å². The van der Waals surface area contributed by atoms with Crippen molar-refractivity contribution in [3.8, 4) is 17.9 Å². The Morgan fingerprint density at radius 1 is 1.58 bits per heavy atom. The lowest BCUT2D eigenvalue weighted by molar-refractivity contribution is 1.17. The van der Waals surface area contributed by atoms with Gasteiger partial charge < -0.3 is 4.98 Å². The number of rotatable bonds is 0. The Hall–Kier alpha value is -2.00. The molecule has 1 aromatic rings. The normalized spacial score (nSPS) is 8.00. The molecule has 0 saturated carbocycles. The maximum absolute atomic E-state index is 10.9. The summed E-state index contributed by atoms with van der Waals surface area (Å²) in [6, 6.07) is 3.34. The van der Waals surface area contributed by atoms with E-state index in [9.17, 15) is 4.79 Å². The van der Waals surface area contributed by atoms with Crippen LogP contribution >= 0.6 is 0 Å². The maximum Gasteiger partial charge on any atom is 0.250 e. The van der Waals surface area contributed by atoms with E-state index in [0.29, 0.717) is 11.1 Å². The fourth-order valence-corrected chi connectivity index (χ4v) is 0.770. The van der Waals surface area contributed by atoms with Crippen LogP contribution in [0.5, 0.6) is 0 Å².